The van der Waals surface area contributed by atoms with E-state index in [1.807, 2.05) is 12.1 Å². The van der Waals surface area contributed by atoms with Crippen molar-refractivity contribution < 1.29 is 14.3 Å². The lowest BCUT2D eigenvalue weighted by Gasteiger charge is -2.19. The molecule has 0 saturated carbocycles. The van der Waals surface area contributed by atoms with E-state index in [1.165, 1.54) is 5.56 Å². The molecule has 2 aromatic rings. The number of carboxylic acid groups (broad SMARTS) is 1. The van der Waals surface area contributed by atoms with Crippen LogP contribution in [0.3, 0.4) is 0 Å². The standard InChI is InChI=1S/C29H31NO3/c1-5-19(6-2)20-13-15-24-26(17-20)33-27-18-21(30(7-3)8-4)14-16-25(27)28(24)22-11-9-10-12-23(22)29(31)32/h9-19H,5-8H2,1-4H3/p+1. The van der Waals surface area contributed by atoms with E-state index < -0.39 is 5.97 Å². The van der Waals surface area contributed by atoms with Crippen LogP contribution in [0, 0.1) is 0 Å². The summed E-state index contributed by atoms with van der Waals surface area (Å²) in [5.41, 5.74) is 4.88. The van der Waals surface area contributed by atoms with Gasteiger partial charge in [0.1, 0.15) is 24.4 Å². The lowest BCUT2D eigenvalue weighted by molar-refractivity contribution is 0.0697. The van der Waals surface area contributed by atoms with E-state index in [0.29, 0.717) is 17.0 Å². The molecule has 2 aliphatic rings. The molecule has 2 aromatic carbocycles. The minimum Gasteiger partial charge on any atom is -0.478 e. The molecule has 33 heavy (non-hydrogen) atoms. The molecule has 1 aliphatic carbocycles. The van der Waals surface area contributed by atoms with Gasteiger partial charge in [-0.1, -0.05) is 44.2 Å². The van der Waals surface area contributed by atoms with Crippen LogP contribution < -0.4 is 9.93 Å². The highest BCUT2D eigenvalue weighted by molar-refractivity contribution is 6.07. The molecule has 1 aliphatic heterocycles. The smallest absolute Gasteiger partial charge is 0.336 e. The molecule has 0 amide bonds. The fraction of sp³-hybridized carbons (Fsp3) is 0.310. The summed E-state index contributed by atoms with van der Waals surface area (Å²) in [6.07, 6.45) is 2.13. The largest absolute Gasteiger partial charge is 0.478 e. The Morgan fingerprint density at radius 3 is 2.30 bits per heavy atom. The zero-order valence-corrected chi connectivity index (χ0v) is 19.9. The molecule has 0 bridgehead atoms. The van der Waals surface area contributed by atoms with Crippen LogP contribution >= 0.6 is 0 Å². The van der Waals surface area contributed by atoms with Gasteiger partial charge >= 0.3 is 5.97 Å². The Bertz CT molecular complexity index is 1340. The number of rotatable bonds is 7. The molecule has 0 spiro atoms. The quantitative estimate of drug-likeness (QED) is 0.258. The van der Waals surface area contributed by atoms with Gasteiger partial charge < -0.3 is 9.52 Å². The van der Waals surface area contributed by atoms with Gasteiger partial charge in [-0.15, -0.1) is 0 Å². The Morgan fingerprint density at radius 1 is 0.909 bits per heavy atom. The van der Waals surface area contributed by atoms with Crippen molar-refractivity contribution in [2.24, 2.45) is 0 Å². The zero-order valence-electron chi connectivity index (χ0n) is 19.9. The molecule has 0 radical (unpaired) electrons. The Balaban J connectivity index is 2.13. The highest BCUT2D eigenvalue weighted by atomic mass is 16.4. The fourth-order valence-electron chi connectivity index (χ4n) is 4.87. The second-order valence-electron chi connectivity index (χ2n) is 8.45. The van der Waals surface area contributed by atoms with Crippen LogP contribution in [-0.2, 0) is 0 Å². The van der Waals surface area contributed by atoms with Crippen molar-refractivity contribution in [3.63, 3.8) is 0 Å². The SMILES string of the molecule is CCC(CC)c1ccc2c(-c3ccccc3C(=O)O)c3ccc(=[N+](CC)CC)cc-3oc2c1. The van der Waals surface area contributed by atoms with Crippen molar-refractivity contribution >= 4 is 16.9 Å². The molecule has 4 nitrogen and oxygen atoms in total. The molecule has 0 aromatic heterocycles. The normalized spacial score (nSPS) is 11.4. The van der Waals surface area contributed by atoms with E-state index in [1.54, 1.807) is 12.1 Å². The van der Waals surface area contributed by atoms with Crippen molar-refractivity contribution in [3.05, 3.63) is 77.1 Å². The number of fused-ring (bicyclic) bond motifs is 2. The lowest BCUT2D eigenvalue weighted by Crippen LogP contribution is -2.29. The number of hydrogen-bond acceptors (Lipinski definition) is 2. The highest BCUT2D eigenvalue weighted by Gasteiger charge is 2.22. The summed E-state index contributed by atoms with van der Waals surface area (Å²) in [5, 5.41) is 11.9. The van der Waals surface area contributed by atoms with Crippen molar-refractivity contribution in [1.82, 2.24) is 4.58 Å². The number of benzene rings is 3. The van der Waals surface area contributed by atoms with E-state index in [4.69, 9.17) is 4.42 Å². The maximum Gasteiger partial charge on any atom is 0.336 e. The molecule has 4 heteroatoms. The molecule has 170 valence electrons. The van der Waals surface area contributed by atoms with Gasteiger partial charge in [-0.25, -0.2) is 9.37 Å². The number of carboxylic acids is 1. The summed E-state index contributed by atoms with van der Waals surface area (Å²) < 4.78 is 8.78. The summed E-state index contributed by atoms with van der Waals surface area (Å²) in [5.74, 6) is 0.307. The molecule has 0 atom stereocenters. The third kappa shape index (κ3) is 4.18. The molecule has 4 rings (SSSR count). The first-order valence-electron chi connectivity index (χ1n) is 11.9. The minimum absolute atomic E-state index is 0.295. The molecule has 1 heterocycles. The number of nitrogens with zero attached hydrogens (tertiary/aromatic N) is 1. The average molecular weight is 443 g/mol. The van der Waals surface area contributed by atoms with Crippen LogP contribution in [0.15, 0.2) is 65.1 Å². The molecule has 1 N–H and O–H groups in total. The summed E-state index contributed by atoms with van der Waals surface area (Å²) in [4.78, 5) is 12.1. The van der Waals surface area contributed by atoms with E-state index in [9.17, 15) is 9.90 Å². The average Bonchev–Trinajstić information content (AvgIpc) is 2.84. The first-order valence-corrected chi connectivity index (χ1v) is 11.9. The van der Waals surface area contributed by atoms with Gasteiger partial charge in [-0.2, -0.15) is 0 Å². The van der Waals surface area contributed by atoms with Crippen LogP contribution in [0.2, 0.25) is 0 Å². The Labute approximate surface area is 195 Å². The van der Waals surface area contributed by atoms with Crippen LogP contribution in [0.5, 0.6) is 0 Å². The number of aromatic carboxylic acids is 1. The maximum absolute atomic E-state index is 12.1. The summed E-state index contributed by atoms with van der Waals surface area (Å²) >= 11 is 0. The maximum atomic E-state index is 12.1. The molecule has 0 saturated heterocycles. The summed E-state index contributed by atoms with van der Waals surface area (Å²) in [7, 11) is 0. The second kappa shape index (κ2) is 9.62. The predicted octanol–water partition coefficient (Wildman–Crippen LogP) is 6.62. The molecular weight excluding hydrogens is 410 g/mol. The van der Waals surface area contributed by atoms with Crippen molar-refractivity contribution in [2.75, 3.05) is 13.1 Å². The number of hydrogen-bond donors (Lipinski definition) is 1. The second-order valence-corrected chi connectivity index (χ2v) is 8.45. The third-order valence-electron chi connectivity index (χ3n) is 6.74. The minimum atomic E-state index is -0.930. The first-order chi connectivity index (χ1) is 16.0. The monoisotopic (exact) mass is 442 g/mol. The van der Waals surface area contributed by atoms with Crippen LogP contribution in [0.4, 0.5) is 0 Å². The Morgan fingerprint density at radius 2 is 1.64 bits per heavy atom. The van der Waals surface area contributed by atoms with Crippen molar-refractivity contribution in [3.8, 4) is 22.5 Å². The summed E-state index contributed by atoms with van der Waals surface area (Å²) in [6.45, 7) is 10.5. The van der Waals surface area contributed by atoms with Crippen LogP contribution in [0.1, 0.15) is 62.4 Å². The van der Waals surface area contributed by atoms with Gasteiger partial charge in [0, 0.05) is 22.6 Å². The fourth-order valence-corrected chi connectivity index (χ4v) is 4.87. The van der Waals surface area contributed by atoms with Gasteiger partial charge in [0.25, 0.3) is 0 Å². The van der Waals surface area contributed by atoms with Gasteiger partial charge in [0.2, 0.25) is 5.36 Å². The van der Waals surface area contributed by atoms with E-state index in [2.05, 4.69) is 68.7 Å². The molecular formula is C29H32NO3+. The highest BCUT2D eigenvalue weighted by Crippen LogP contribution is 2.42. The Kier molecular flexibility index (Phi) is 6.64. The first kappa shape index (κ1) is 22.8. The summed E-state index contributed by atoms with van der Waals surface area (Å²) in [6, 6.07) is 19.9. The zero-order chi connectivity index (χ0) is 23.5. The predicted molar refractivity (Wildman–Crippen MR) is 135 cm³/mol. The van der Waals surface area contributed by atoms with Crippen molar-refractivity contribution in [1.29, 1.82) is 0 Å². The van der Waals surface area contributed by atoms with Gasteiger partial charge in [-0.05, 0) is 61.9 Å². The molecule has 0 unspecified atom stereocenters. The van der Waals surface area contributed by atoms with Crippen molar-refractivity contribution in [2.45, 2.75) is 46.5 Å². The lowest BCUT2D eigenvalue weighted by atomic mass is 9.88. The van der Waals surface area contributed by atoms with Crippen LogP contribution in [0.25, 0.3) is 33.4 Å². The van der Waals surface area contributed by atoms with Gasteiger partial charge in [0.15, 0.2) is 0 Å². The molecule has 0 fully saturated rings. The van der Waals surface area contributed by atoms with Gasteiger partial charge in [-0.3, -0.25) is 0 Å². The van der Waals surface area contributed by atoms with E-state index >= 15 is 0 Å². The van der Waals surface area contributed by atoms with E-state index in [0.717, 1.165) is 59.1 Å². The van der Waals surface area contributed by atoms with Crippen LogP contribution in [-0.4, -0.2) is 24.2 Å². The van der Waals surface area contributed by atoms with E-state index in [-0.39, 0.29) is 0 Å². The topological polar surface area (TPSA) is 53.4 Å². The third-order valence-corrected chi connectivity index (χ3v) is 6.74. The van der Waals surface area contributed by atoms with Gasteiger partial charge in [0.05, 0.1) is 11.6 Å². The Hall–Kier alpha value is -3.40. The number of carbonyl (C=O) groups is 1.